The minimum atomic E-state index is -0.694. The van der Waals surface area contributed by atoms with Crippen LogP contribution in [0, 0.1) is 5.82 Å². The lowest BCUT2D eigenvalue weighted by Crippen LogP contribution is -2.20. The molecule has 28 heavy (non-hydrogen) atoms. The van der Waals surface area contributed by atoms with Crippen molar-refractivity contribution in [2.75, 3.05) is 25.6 Å². The van der Waals surface area contributed by atoms with Gasteiger partial charge in [-0.05, 0) is 42.0 Å². The molecule has 2 rings (SSSR count). The first-order valence-electron chi connectivity index (χ1n) is 8.34. The molecule has 0 aromatic heterocycles. The van der Waals surface area contributed by atoms with E-state index in [1.54, 1.807) is 24.3 Å². The number of ether oxygens (including phenoxy) is 3. The molecule has 0 atom stereocenters. The van der Waals surface area contributed by atoms with Gasteiger partial charge in [0.25, 0.3) is 5.91 Å². The molecule has 0 spiro atoms. The molecule has 7 heteroatoms. The molecule has 1 N–H and O–H groups in total. The molecule has 0 aliphatic carbocycles. The zero-order valence-corrected chi connectivity index (χ0v) is 15.3. The minimum Gasteiger partial charge on any atom is -0.493 e. The number of hydrogen-bond donors (Lipinski definition) is 1. The number of carbonyl (C=O) groups excluding carboxylic acids is 2. The van der Waals surface area contributed by atoms with Crippen molar-refractivity contribution in [3.63, 3.8) is 0 Å². The largest absolute Gasteiger partial charge is 0.493 e. The third-order valence-corrected chi connectivity index (χ3v) is 3.41. The van der Waals surface area contributed by atoms with Crippen LogP contribution in [0.4, 0.5) is 10.1 Å². The topological polar surface area (TPSA) is 73.9 Å². The van der Waals surface area contributed by atoms with Gasteiger partial charge >= 0.3 is 5.97 Å². The fourth-order valence-corrected chi connectivity index (χ4v) is 2.17. The van der Waals surface area contributed by atoms with Gasteiger partial charge in [0, 0.05) is 11.8 Å². The lowest BCUT2D eigenvalue weighted by Gasteiger charge is -2.09. The molecule has 0 radical (unpaired) electrons. The number of anilines is 1. The second-order valence-corrected chi connectivity index (χ2v) is 5.51. The zero-order chi connectivity index (χ0) is 20.4. The first-order chi connectivity index (χ1) is 13.5. The minimum absolute atomic E-state index is 0.280. The summed E-state index contributed by atoms with van der Waals surface area (Å²) in [6.07, 6.45) is 4.33. The van der Waals surface area contributed by atoms with E-state index in [1.165, 1.54) is 37.5 Å². The molecule has 0 unspecified atom stereocenters. The van der Waals surface area contributed by atoms with E-state index in [1.807, 2.05) is 0 Å². The Morgan fingerprint density at radius 3 is 2.71 bits per heavy atom. The number of carbonyl (C=O) groups is 2. The Hall–Kier alpha value is -3.61. The van der Waals surface area contributed by atoms with Crippen molar-refractivity contribution in [2.24, 2.45) is 0 Å². The Balaban J connectivity index is 1.87. The summed E-state index contributed by atoms with van der Waals surface area (Å²) in [7, 11) is 1.51. The Bertz CT molecular complexity index is 879. The van der Waals surface area contributed by atoms with Crippen molar-refractivity contribution in [1.82, 2.24) is 0 Å². The van der Waals surface area contributed by atoms with Gasteiger partial charge in [-0.1, -0.05) is 24.8 Å². The van der Waals surface area contributed by atoms with Crippen molar-refractivity contribution < 1.29 is 28.2 Å². The van der Waals surface area contributed by atoms with Crippen molar-refractivity contribution in [3.8, 4) is 11.5 Å². The number of nitrogens with one attached hydrogen (secondary N) is 1. The lowest BCUT2D eigenvalue weighted by molar-refractivity contribution is -0.142. The summed E-state index contributed by atoms with van der Waals surface area (Å²) in [6.45, 7) is 3.44. The normalized spacial score (nSPS) is 10.4. The van der Waals surface area contributed by atoms with E-state index in [-0.39, 0.29) is 5.69 Å². The van der Waals surface area contributed by atoms with Gasteiger partial charge in [0.15, 0.2) is 18.1 Å². The fraction of sp³-hybridized carbons (Fsp3) is 0.143. The third-order valence-electron chi connectivity index (χ3n) is 3.41. The summed E-state index contributed by atoms with van der Waals surface area (Å²) < 4.78 is 28.6. The molecule has 0 fully saturated rings. The lowest BCUT2D eigenvalue weighted by atomic mass is 10.2. The highest BCUT2D eigenvalue weighted by atomic mass is 19.1. The van der Waals surface area contributed by atoms with Crippen molar-refractivity contribution in [1.29, 1.82) is 0 Å². The number of esters is 1. The first kappa shape index (κ1) is 20.7. The second kappa shape index (κ2) is 10.5. The van der Waals surface area contributed by atoms with Crippen LogP contribution in [-0.2, 0) is 14.3 Å². The predicted octanol–water partition coefficient (Wildman–Crippen LogP) is 3.59. The summed E-state index contributed by atoms with van der Waals surface area (Å²) in [5.41, 5.74) is 0.964. The highest BCUT2D eigenvalue weighted by Gasteiger charge is 2.07. The zero-order valence-electron chi connectivity index (χ0n) is 15.3. The molecule has 0 bridgehead atoms. The SMILES string of the molecule is C=CCOc1ccc(/C=C/C(=O)OCC(=O)Nc2cccc(F)c2)cc1OC. The van der Waals surface area contributed by atoms with Crippen LogP contribution in [0.3, 0.4) is 0 Å². The maximum absolute atomic E-state index is 13.1. The van der Waals surface area contributed by atoms with Crippen LogP contribution in [0.1, 0.15) is 5.56 Å². The van der Waals surface area contributed by atoms with Crippen LogP contribution >= 0.6 is 0 Å². The Labute approximate surface area is 162 Å². The molecule has 6 nitrogen and oxygen atoms in total. The summed E-state index contributed by atoms with van der Waals surface area (Å²) in [4.78, 5) is 23.5. The van der Waals surface area contributed by atoms with E-state index < -0.39 is 24.3 Å². The van der Waals surface area contributed by atoms with Crippen LogP contribution in [-0.4, -0.2) is 32.2 Å². The summed E-state index contributed by atoms with van der Waals surface area (Å²) in [5.74, 6) is -0.685. The molecule has 146 valence electrons. The number of amides is 1. The number of benzene rings is 2. The number of hydrogen-bond acceptors (Lipinski definition) is 5. The molecule has 2 aromatic rings. The standard InChI is InChI=1S/C21H20FNO5/c1-3-11-27-18-9-7-15(12-19(18)26-2)8-10-21(25)28-14-20(24)23-17-6-4-5-16(22)13-17/h3-10,12-13H,1,11,14H2,2H3,(H,23,24)/b10-8+. The summed E-state index contributed by atoms with van der Waals surface area (Å²) >= 11 is 0. The molecule has 1 amide bonds. The number of rotatable bonds is 9. The fourth-order valence-electron chi connectivity index (χ4n) is 2.17. The van der Waals surface area contributed by atoms with Crippen LogP contribution < -0.4 is 14.8 Å². The van der Waals surface area contributed by atoms with Crippen LogP contribution in [0.25, 0.3) is 6.08 Å². The van der Waals surface area contributed by atoms with Gasteiger partial charge in [-0.25, -0.2) is 9.18 Å². The molecular weight excluding hydrogens is 365 g/mol. The van der Waals surface area contributed by atoms with Gasteiger partial charge in [-0.3, -0.25) is 4.79 Å². The van der Waals surface area contributed by atoms with Crippen molar-refractivity contribution >= 4 is 23.6 Å². The van der Waals surface area contributed by atoms with Crippen molar-refractivity contribution in [2.45, 2.75) is 0 Å². The average molecular weight is 385 g/mol. The van der Waals surface area contributed by atoms with E-state index in [2.05, 4.69) is 11.9 Å². The van der Waals surface area contributed by atoms with E-state index in [0.717, 1.165) is 6.07 Å². The Morgan fingerprint density at radius 2 is 2.00 bits per heavy atom. The van der Waals surface area contributed by atoms with Gasteiger partial charge in [-0.15, -0.1) is 0 Å². The molecule has 0 saturated carbocycles. The molecule has 0 aliphatic heterocycles. The van der Waals surface area contributed by atoms with Gasteiger partial charge in [0.2, 0.25) is 0 Å². The summed E-state index contributed by atoms with van der Waals surface area (Å²) in [6, 6.07) is 10.5. The average Bonchev–Trinajstić information content (AvgIpc) is 2.69. The van der Waals surface area contributed by atoms with Gasteiger partial charge in [-0.2, -0.15) is 0 Å². The number of halogens is 1. The highest BCUT2D eigenvalue weighted by molar-refractivity contribution is 5.94. The quantitative estimate of drug-likeness (QED) is 0.406. The van der Waals surface area contributed by atoms with Gasteiger partial charge in [0.1, 0.15) is 12.4 Å². The Morgan fingerprint density at radius 1 is 1.18 bits per heavy atom. The van der Waals surface area contributed by atoms with E-state index in [0.29, 0.717) is 23.7 Å². The first-order valence-corrected chi connectivity index (χ1v) is 8.34. The summed E-state index contributed by atoms with van der Waals surface area (Å²) in [5, 5.41) is 2.43. The molecular formula is C21H20FNO5. The van der Waals surface area contributed by atoms with Crippen molar-refractivity contribution in [3.05, 3.63) is 72.6 Å². The van der Waals surface area contributed by atoms with Crippen LogP contribution in [0.2, 0.25) is 0 Å². The molecule has 0 saturated heterocycles. The maximum atomic E-state index is 13.1. The number of methoxy groups -OCH3 is 1. The molecule has 0 aliphatic rings. The third kappa shape index (κ3) is 6.60. The second-order valence-electron chi connectivity index (χ2n) is 5.51. The van der Waals surface area contributed by atoms with Crippen LogP contribution in [0.15, 0.2) is 61.2 Å². The van der Waals surface area contributed by atoms with Gasteiger partial charge < -0.3 is 19.5 Å². The van der Waals surface area contributed by atoms with E-state index >= 15 is 0 Å². The Kier molecular flexibility index (Phi) is 7.77. The van der Waals surface area contributed by atoms with E-state index in [9.17, 15) is 14.0 Å². The highest BCUT2D eigenvalue weighted by Crippen LogP contribution is 2.28. The smallest absolute Gasteiger partial charge is 0.331 e. The molecule has 2 aromatic carbocycles. The predicted molar refractivity (Wildman–Crippen MR) is 104 cm³/mol. The molecule has 0 heterocycles. The maximum Gasteiger partial charge on any atom is 0.331 e. The van der Waals surface area contributed by atoms with Gasteiger partial charge in [0.05, 0.1) is 7.11 Å². The monoisotopic (exact) mass is 385 g/mol. The van der Waals surface area contributed by atoms with Crippen LogP contribution in [0.5, 0.6) is 11.5 Å². The van der Waals surface area contributed by atoms with E-state index in [4.69, 9.17) is 14.2 Å².